The zero-order chi connectivity index (χ0) is 21.6. The lowest BCUT2D eigenvalue weighted by molar-refractivity contribution is -0.142. The Labute approximate surface area is 175 Å². The molecule has 2 aromatic rings. The largest absolute Gasteiger partial charge is 0.484 e. The average Bonchev–Trinajstić information content (AvgIpc) is 2.65. The quantitative estimate of drug-likeness (QED) is 0.730. The number of benzene rings is 2. The molecular formula is C22H26ClFN2O3. The Kier molecular flexibility index (Phi) is 7.62. The molecule has 2 aromatic carbocycles. The second kappa shape index (κ2) is 9.74. The molecule has 0 aromatic heterocycles. The van der Waals surface area contributed by atoms with E-state index < -0.39 is 17.4 Å². The molecule has 1 unspecified atom stereocenters. The summed E-state index contributed by atoms with van der Waals surface area (Å²) in [6.07, 6.45) is 0. The zero-order valence-corrected chi connectivity index (χ0v) is 17.8. The first kappa shape index (κ1) is 22.7. The minimum Gasteiger partial charge on any atom is -0.484 e. The predicted molar refractivity (Wildman–Crippen MR) is 111 cm³/mol. The van der Waals surface area contributed by atoms with Crippen LogP contribution in [0.3, 0.4) is 0 Å². The normalized spacial score (nSPS) is 12.2. The van der Waals surface area contributed by atoms with Gasteiger partial charge in [0.05, 0.1) is 0 Å². The predicted octanol–water partition coefficient (Wildman–Crippen LogP) is 4.19. The molecule has 0 saturated heterocycles. The van der Waals surface area contributed by atoms with Crippen LogP contribution in [0, 0.1) is 5.82 Å². The van der Waals surface area contributed by atoms with Crippen LogP contribution in [0.2, 0.25) is 5.02 Å². The molecule has 156 valence electrons. The number of carbonyl (C=O) groups excluding carboxylic acids is 2. The first-order chi connectivity index (χ1) is 13.6. The van der Waals surface area contributed by atoms with Gasteiger partial charge in [0.15, 0.2) is 6.61 Å². The molecule has 0 spiro atoms. The van der Waals surface area contributed by atoms with Gasteiger partial charge in [0.1, 0.15) is 17.6 Å². The van der Waals surface area contributed by atoms with Gasteiger partial charge in [0, 0.05) is 17.1 Å². The lowest BCUT2D eigenvalue weighted by atomic mass is 10.1. The Morgan fingerprint density at radius 2 is 1.76 bits per heavy atom. The number of ether oxygens (including phenoxy) is 1. The van der Waals surface area contributed by atoms with Crippen LogP contribution in [-0.4, -0.2) is 34.9 Å². The van der Waals surface area contributed by atoms with E-state index in [2.05, 4.69) is 5.32 Å². The third-order valence-corrected chi connectivity index (χ3v) is 4.51. The topological polar surface area (TPSA) is 58.6 Å². The molecule has 29 heavy (non-hydrogen) atoms. The first-order valence-electron chi connectivity index (χ1n) is 9.30. The summed E-state index contributed by atoms with van der Waals surface area (Å²) in [6, 6.07) is 11.8. The summed E-state index contributed by atoms with van der Waals surface area (Å²) >= 11 is 6.25. The molecule has 1 atom stereocenters. The number of amides is 2. The number of rotatable bonds is 7. The van der Waals surface area contributed by atoms with E-state index in [0.717, 1.165) is 5.56 Å². The maximum atomic E-state index is 13.0. The monoisotopic (exact) mass is 420 g/mol. The highest BCUT2D eigenvalue weighted by Crippen LogP contribution is 2.19. The summed E-state index contributed by atoms with van der Waals surface area (Å²) < 4.78 is 18.5. The molecular weight excluding hydrogens is 395 g/mol. The first-order valence-corrected chi connectivity index (χ1v) is 9.68. The highest BCUT2D eigenvalue weighted by Gasteiger charge is 2.29. The number of carbonyl (C=O) groups is 2. The van der Waals surface area contributed by atoms with Gasteiger partial charge in [0.25, 0.3) is 5.91 Å². The lowest BCUT2D eigenvalue weighted by Crippen LogP contribution is -2.53. The minimum atomic E-state index is -0.741. The van der Waals surface area contributed by atoms with Crippen LogP contribution in [0.25, 0.3) is 0 Å². The molecule has 0 fully saturated rings. The lowest BCUT2D eigenvalue weighted by Gasteiger charge is -2.31. The van der Waals surface area contributed by atoms with Crippen molar-refractivity contribution in [1.82, 2.24) is 10.2 Å². The van der Waals surface area contributed by atoms with E-state index in [4.69, 9.17) is 16.3 Å². The summed E-state index contributed by atoms with van der Waals surface area (Å²) in [5.41, 5.74) is 0.286. The molecule has 0 radical (unpaired) electrons. The summed E-state index contributed by atoms with van der Waals surface area (Å²) in [5, 5.41) is 3.39. The van der Waals surface area contributed by atoms with Crippen LogP contribution in [0.5, 0.6) is 5.75 Å². The molecule has 0 aliphatic carbocycles. The fourth-order valence-corrected chi connectivity index (χ4v) is 2.82. The zero-order valence-electron chi connectivity index (χ0n) is 17.0. The molecule has 1 N–H and O–H groups in total. The second-order valence-electron chi connectivity index (χ2n) is 7.77. The van der Waals surface area contributed by atoms with Crippen molar-refractivity contribution >= 4 is 23.4 Å². The third kappa shape index (κ3) is 7.06. The van der Waals surface area contributed by atoms with Crippen molar-refractivity contribution in [1.29, 1.82) is 0 Å². The number of hydrogen-bond acceptors (Lipinski definition) is 3. The fraction of sp³-hybridized carbons (Fsp3) is 0.364. The van der Waals surface area contributed by atoms with Gasteiger partial charge in [-0.05, 0) is 63.6 Å². The van der Waals surface area contributed by atoms with Crippen molar-refractivity contribution in [2.24, 2.45) is 0 Å². The Hall–Kier alpha value is -2.60. The van der Waals surface area contributed by atoms with E-state index in [1.807, 2.05) is 26.8 Å². The highest BCUT2D eigenvalue weighted by molar-refractivity contribution is 6.31. The van der Waals surface area contributed by atoms with Gasteiger partial charge in [-0.3, -0.25) is 9.59 Å². The fourth-order valence-electron chi connectivity index (χ4n) is 2.63. The molecule has 0 saturated carbocycles. The van der Waals surface area contributed by atoms with Crippen molar-refractivity contribution < 1.29 is 18.7 Å². The Balaban J connectivity index is 2.18. The standard InChI is InChI=1S/C22H26ClFN2O3/c1-15(21(28)25-22(2,3)4)26(13-16-7-5-6-8-19(16)23)20(27)14-29-18-11-9-17(24)10-12-18/h5-12,15H,13-14H2,1-4H3,(H,25,28). The summed E-state index contributed by atoms with van der Waals surface area (Å²) in [5.74, 6) is -0.689. The number of hydrogen-bond donors (Lipinski definition) is 1. The molecule has 0 bridgehead atoms. The Bertz CT molecular complexity index is 850. The van der Waals surface area contributed by atoms with Gasteiger partial charge >= 0.3 is 0 Å². The Morgan fingerprint density at radius 1 is 1.14 bits per heavy atom. The second-order valence-corrected chi connectivity index (χ2v) is 8.18. The van der Waals surface area contributed by atoms with Crippen molar-refractivity contribution in [2.45, 2.75) is 45.8 Å². The molecule has 0 aliphatic rings. The summed E-state index contributed by atoms with van der Waals surface area (Å²) in [4.78, 5) is 27.0. The van der Waals surface area contributed by atoms with E-state index in [0.29, 0.717) is 10.8 Å². The summed E-state index contributed by atoms with van der Waals surface area (Å²) in [7, 11) is 0. The highest BCUT2D eigenvalue weighted by atomic mass is 35.5. The van der Waals surface area contributed by atoms with Crippen LogP contribution in [0.4, 0.5) is 4.39 Å². The van der Waals surface area contributed by atoms with Crippen LogP contribution < -0.4 is 10.1 Å². The van der Waals surface area contributed by atoms with Crippen LogP contribution in [0.15, 0.2) is 48.5 Å². The van der Waals surface area contributed by atoms with Crippen molar-refractivity contribution in [3.05, 3.63) is 64.9 Å². The van der Waals surface area contributed by atoms with E-state index in [1.165, 1.54) is 29.2 Å². The van der Waals surface area contributed by atoms with Gasteiger partial charge in [-0.15, -0.1) is 0 Å². The van der Waals surface area contributed by atoms with Crippen LogP contribution in [0.1, 0.15) is 33.3 Å². The number of nitrogens with zero attached hydrogens (tertiary/aromatic N) is 1. The number of halogens is 2. The van der Waals surface area contributed by atoms with E-state index in [1.54, 1.807) is 25.1 Å². The van der Waals surface area contributed by atoms with Crippen LogP contribution >= 0.6 is 11.6 Å². The van der Waals surface area contributed by atoms with Gasteiger partial charge in [-0.2, -0.15) is 0 Å². The molecule has 2 amide bonds. The van der Waals surface area contributed by atoms with Crippen molar-refractivity contribution in [3.63, 3.8) is 0 Å². The SMILES string of the molecule is CC(C(=O)NC(C)(C)C)N(Cc1ccccc1Cl)C(=O)COc1ccc(F)cc1. The van der Waals surface area contributed by atoms with Crippen molar-refractivity contribution in [3.8, 4) is 5.75 Å². The van der Waals surface area contributed by atoms with Gasteiger partial charge < -0.3 is 15.0 Å². The molecule has 0 aliphatic heterocycles. The smallest absolute Gasteiger partial charge is 0.261 e. The molecule has 7 heteroatoms. The number of nitrogens with one attached hydrogen (secondary N) is 1. The average molecular weight is 421 g/mol. The van der Waals surface area contributed by atoms with E-state index in [9.17, 15) is 14.0 Å². The van der Waals surface area contributed by atoms with Gasteiger partial charge in [0.2, 0.25) is 5.91 Å². The van der Waals surface area contributed by atoms with Gasteiger partial charge in [-0.25, -0.2) is 4.39 Å². The van der Waals surface area contributed by atoms with Crippen molar-refractivity contribution in [2.75, 3.05) is 6.61 Å². The maximum Gasteiger partial charge on any atom is 0.261 e. The van der Waals surface area contributed by atoms with E-state index in [-0.39, 0.29) is 25.0 Å². The third-order valence-electron chi connectivity index (χ3n) is 4.14. The van der Waals surface area contributed by atoms with E-state index >= 15 is 0 Å². The molecule has 2 rings (SSSR count). The Morgan fingerprint density at radius 3 is 2.34 bits per heavy atom. The van der Waals surface area contributed by atoms with Gasteiger partial charge in [-0.1, -0.05) is 29.8 Å². The molecule has 5 nitrogen and oxygen atoms in total. The maximum absolute atomic E-state index is 13.0. The molecule has 0 heterocycles. The summed E-state index contributed by atoms with van der Waals surface area (Å²) in [6.45, 7) is 7.14. The van der Waals surface area contributed by atoms with Crippen LogP contribution in [-0.2, 0) is 16.1 Å². The minimum absolute atomic E-state index is 0.157.